The predicted molar refractivity (Wildman–Crippen MR) is 50.8 cm³/mol. The number of carbonyl (C=O) groups is 1. The molecule has 1 aromatic rings. The molecule has 0 saturated carbocycles. The van der Waals surface area contributed by atoms with Crippen LogP contribution in [-0.2, 0) is 6.42 Å². The number of benzene rings is 1. The molecule has 1 aromatic carbocycles. The van der Waals surface area contributed by atoms with Crippen LogP contribution in [-0.4, -0.2) is 29.9 Å². The summed E-state index contributed by atoms with van der Waals surface area (Å²) in [4.78, 5) is 10.9. The highest BCUT2D eigenvalue weighted by atomic mass is 16.5. The van der Waals surface area contributed by atoms with Crippen molar-refractivity contribution < 1.29 is 24.5 Å². The third-order valence-corrected chi connectivity index (χ3v) is 2.35. The molecule has 0 aliphatic carbocycles. The molecule has 0 fully saturated rings. The van der Waals surface area contributed by atoms with Crippen LogP contribution in [0.4, 0.5) is 0 Å². The van der Waals surface area contributed by atoms with Crippen LogP contribution in [0.1, 0.15) is 15.9 Å². The molecular weight excluding hydrogens is 200 g/mol. The molecular formula is C10H10O5. The van der Waals surface area contributed by atoms with Gasteiger partial charge in [0.25, 0.3) is 0 Å². The van der Waals surface area contributed by atoms with Crippen LogP contribution >= 0.6 is 0 Å². The number of methoxy groups -OCH3 is 1. The van der Waals surface area contributed by atoms with Gasteiger partial charge in [0.15, 0.2) is 0 Å². The first-order valence-corrected chi connectivity index (χ1v) is 4.44. The molecule has 1 heterocycles. The Hall–Kier alpha value is -1.91. The Kier molecular flexibility index (Phi) is 2.15. The van der Waals surface area contributed by atoms with Crippen LogP contribution < -0.4 is 9.47 Å². The molecule has 5 nitrogen and oxygen atoms in total. The molecule has 1 aliphatic heterocycles. The van der Waals surface area contributed by atoms with Gasteiger partial charge in [0, 0.05) is 18.1 Å². The van der Waals surface area contributed by atoms with E-state index in [0.717, 1.165) is 0 Å². The number of aromatic carboxylic acids is 1. The molecule has 2 N–H and O–H groups in total. The average Bonchev–Trinajstić information content (AvgIpc) is 2.63. The molecule has 0 unspecified atom stereocenters. The summed E-state index contributed by atoms with van der Waals surface area (Å²) in [6, 6.07) is 1.30. The van der Waals surface area contributed by atoms with E-state index in [2.05, 4.69) is 0 Å². The molecule has 80 valence electrons. The largest absolute Gasteiger partial charge is 0.507 e. The van der Waals surface area contributed by atoms with Gasteiger partial charge >= 0.3 is 5.97 Å². The second-order valence-corrected chi connectivity index (χ2v) is 3.18. The highest BCUT2D eigenvalue weighted by Crippen LogP contribution is 2.41. The summed E-state index contributed by atoms with van der Waals surface area (Å²) in [6.07, 6.45) is 0.596. The van der Waals surface area contributed by atoms with E-state index in [9.17, 15) is 9.90 Å². The minimum atomic E-state index is -1.20. The fourth-order valence-electron chi connectivity index (χ4n) is 1.70. The van der Waals surface area contributed by atoms with Crippen molar-refractivity contribution in [3.8, 4) is 17.2 Å². The van der Waals surface area contributed by atoms with Crippen molar-refractivity contribution in [3.63, 3.8) is 0 Å². The van der Waals surface area contributed by atoms with Crippen molar-refractivity contribution >= 4 is 5.97 Å². The number of ether oxygens (including phenoxy) is 2. The van der Waals surface area contributed by atoms with Crippen LogP contribution in [0, 0.1) is 0 Å². The molecule has 5 heteroatoms. The lowest BCUT2D eigenvalue weighted by Crippen LogP contribution is -2.01. The van der Waals surface area contributed by atoms with Gasteiger partial charge in [0.05, 0.1) is 13.7 Å². The maximum atomic E-state index is 10.9. The van der Waals surface area contributed by atoms with Crippen molar-refractivity contribution in [2.75, 3.05) is 13.7 Å². The number of fused-ring (bicyclic) bond motifs is 1. The van der Waals surface area contributed by atoms with Gasteiger partial charge in [-0.1, -0.05) is 0 Å². The fraction of sp³-hybridized carbons (Fsp3) is 0.300. The van der Waals surface area contributed by atoms with Crippen molar-refractivity contribution in [3.05, 3.63) is 17.2 Å². The second kappa shape index (κ2) is 3.34. The lowest BCUT2D eigenvalue weighted by atomic mass is 10.1. The normalized spacial score (nSPS) is 13.1. The van der Waals surface area contributed by atoms with E-state index >= 15 is 0 Å². The molecule has 1 aliphatic rings. The third-order valence-electron chi connectivity index (χ3n) is 2.35. The molecule has 15 heavy (non-hydrogen) atoms. The maximum Gasteiger partial charge on any atom is 0.343 e. The van der Waals surface area contributed by atoms with E-state index in [4.69, 9.17) is 14.6 Å². The monoisotopic (exact) mass is 210 g/mol. The smallest absolute Gasteiger partial charge is 0.343 e. The zero-order valence-corrected chi connectivity index (χ0v) is 8.11. The van der Waals surface area contributed by atoms with E-state index in [0.29, 0.717) is 24.3 Å². The first kappa shape index (κ1) is 9.64. The van der Waals surface area contributed by atoms with Gasteiger partial charge in [-0.15, -0.1) is 0 Å². The van der Waals surface area contributed by atoms with Crippen molar-refractivity contribution in [1.82, 2.24) is 0 Å². The molecule has 0 spiro atoms. The highest BCUT2D eigenvalue weighted by molar-refractivity contribution is 5.95. The van der Waals surface area contributed by atoms with E-state index < -0.39 is 5.97 Å². The van der Waals surface area contributed by atoms with Crippen molar-refractivity contribution in [2.24, 2.45) is 0 Å². The van der Waals surface area contributed by atoms with Gasteiger partial charge in [0.1, 0.15) is 22.8 Å². The van der Waals surface area contributed by atoms with Gasteiger partial charge in [-0.2, -0.15) is 0 Å². The zero-order valence-electron chi connectivity index (χ0n) is 8.11. The first-order valence-electron chi connectivity index (χ1n) is 4.44. The van der Waals surface area contributed by atoms with Gasteiger partial charge in [-0.3, -0.25) is 0 Å². The molecule has 0 aromatic heterocycles. The number of carboxylic acid groups (broad SMARTS) is 1. The van der Waals surface area contributed by atoms with Crippen molar-refractivity contribution in [1.29, 1.82) is 0 Å². The van der Waals surface area contributed by atoms with Crippen LogP contribution in [0.2, 0.25) is 0 Å². The molecule has 0 bridgehead atoms. The first-order chi connectivity index (χ1) is 7.15. The Balaban J connectivity index is 2.68. The molecule has 2 rings (SSSR count). The van der Waals surface area contributed by atoms with Gasteiger partial charge < -0.3 is 19.7 Å². The number of hydrogen-bond acceptors (Lipinski definition) is 4. The minimum Gasteiger partial charge on any atom is -0.507 e. The van der Waals surface area contributed by atoms with Gasteiger partial charge in [-0.05, 0) is 0 Å². The number of hydrogen-bond donors (Lipinski definition) is 2. The van der Waals surface area contributed by atoms with Crippen molar-refractivity contribution in [2.45, 2.75) is 6.42 Å². The standard InChI is InChI=1S/C10H10O5/c1-14-7-4-6(11)8(10(12)13)9-5(7)2-3-15-9/h4,11H,2-3H2,1H3,(H,12,13). The zero-order chi connectivity index (χ0) is 11.0. The summed E-state index contributed by atoms with van der Waals surface area (Å²) in [5.74, 6) is -0.849. The van der Waals surface area contributed by atoms with Crippen LogP contribution in [0.25, 0.3) is 0 Å². The summed E-state index contributed by atoms with van der Waals surface area (Å²) >= 11 is 0. The fourth-order valence-corrected chi connectivity index (χ4v) is 1.70. The summed E-state index contributed by atoms with van der Waals surface area (Å²) in [7, 11) is 1.47. The maximum absolute atomic E-state index is 10.9. The Bertz CT molecular complexity index is 424. The number of aromatic hydroxyl groups is 1. The predicted octanol–water partition coefficient (Wildman–Crippen LogP) is 1.03. The third kappa shape index (κ3) is 1.36. The summed E-state index contributed by atoms with van der Waals surface area (Å²) < 4.78 is 10.2. The summed E-state index contributed by atoms with van der Waals surface area (Å²) in [5.41, 5.74) is 0.510. The Labute approximate surface area is 85.9 Å². The van der Waals surface area contributed by atoms with Gasteiger partial charge in [0.2, 0.25) is 0 Å². The SMILES string of the molecule is COc1cc(O)c(C(=O)O)c2c1CCO2. The molecule has 0 saturated heterocycles. The van der Waals surface area contributed by atoms with E-state index in [1.807, 2.05) is 0 Å². The number of rotatable bonds is 2. The van der Waals surface area contributed by atoms with E-state index in [1.54, 1.807) is 0 Å². The Morgan fingerprint density at radius 1 is 1.60 bits per heavy atom. The number of phenols is 1. The van der Waals surface area contributed by atoms with E-state index in [1.165, 1.54) is 13.2 Å². The lowest BCUT2D eigenvalue weighted by molar-refractivity contribution is 0.0690. The summed E-state index contributed by atoms with van der Waals surface area (Å²) in [6.45, 7) is 0.412. The van der Waals surface area contributed by atoms with Crippen LogP contribution in [0.15, 0.2) is 6.07 Å². The molecule has 0 radical (unpaired) electrons. The second-order valence-electron chi connectivity index (χ2n) is 3.18. The highest BCUT2D eigenvalue weighted by Gasteiger charge is 2.27. The average molecular weight is 210 g/mol. The Morgan fingerprint density at radius 3 is 2.93 bits per heavy atom. The topological polar surface area (TPSA) is 76.0 Å². The quantitative estimate of drug-likeness (QED) is 0.762. The Morgan fingerprint density at radius 2 is 2.33 bits per heavy atom. The minimum absolute atomic E-state index is 0.191. The number of carboxylic acids is 1. The van der Waals surface area contributed by atoms with Gasteiger partial charge in [-0.25, -0.2) is 4.79 Å². The van der Waals surface area contributed by atoms with E-state index in [-0.39, 0.29) is 17.1 Å². The van der Waals surface area contributed by atoms with Crippen LogP contribution in [0.5, 0.6) is 17.2 Å². The molecule has 0 atom stereocenters. The lowest BCUT2D eigenvalue weighted by Gasteiger charge is -2.10. The van der Waals surface area contributed by atoms with Crippen LogP contribution in [0.3, 0.4) is 0 Å². The summed E-state index contributed by atoms with van der Waals surface area (Å²) in [5, 5.41) is 18.4. The molecule has 0 amide bonds.